The van der Waals surface area contributed by atoms with Gasteiger partial charge in [-0.3, -0.25) is 0 Å². The van der Waals surface area contributed by atoms with E-state index in [4.69, 9.17) is 10.5 Å². The van der Waals surface area contributed by atoms with Gasteiger partial charge in [0.1, 0.15) is 4.88 Å². The Bertz CT molecular complexity index is 566. The predicted molar refractivity (Wildman–Crippen MR) is 78.6 cm³/mol. The fourth-order valence-corrected chi connectivity index (χ4v) is 2.73. The Morgan fingerprint density at radius 2 is 2.05 bits per heavy atom. The number of hydrogen-bond acceptors (Lipinski definition) is 5. The Labute approximate surface area is 116 Å². The van der Waals surface area contributed by atoms with Crippen LogP contribution in [0.15, 0.2) is 36.4 Å². The van der Waals surface area contributed by atoms with E-state index in [2.05, 4.69) is 17.0 Å². The Morgan fingerprint density at radius 3 is 2.68 bits per heavy atom. The maximum absolute atomic E-state index is 11.5. The van der Waals surface area contributed by atoms with E-state index in [1.54, 1.807) is 6.07 Å². The molecule has 0 aliphatic heterocycles. The Morgan fingerprint density at radius 1 is 1.37 bits per heavy atom. The van der Waals surface area contributed by atoms with Crippen LogP contribution in [0, 0.1) is 0 Å². The number of carbonyl (C=O) groups excluding carboxylic acids is 1. The van der Waals surface area contributed by atoms with Crippen LogP contribution in [0.5, 0.6) is 0 Å². The summed E-state index contributed by atoms with van der Waals surface area (Å²) in [5, 5.41) is 0.946. The fraction of sp³-hybridized carbons (Fsp3) is 0.214. The lowest BCUT2D eigenvalue weighted by Gasteiger charge is -2.16. The van der Waals surface area contributed by atoms with Crippen molar-refractivity contribution in [1.82, 2.24) is 0 Å². The van der Waals surface area contributed by atoms with Gasteiger partial charge in [0.25, 0.3) is 0 Å². The molecule has 0 saturated heterocycles. The molecule has 4 nitrogen and oxygen atoms in total. The van der Waals surface area contributed by atoms with Gasteiger partial charge in [0.15, 0.2) is 0 Å². The number of methoxy groups -OCH3 is 1. The minimum absolute atomic E-state index is 0.387. The molecule has 0 saturated carbocycles. The van der Waals surface area contributed by atoms with Crippen LogP contribution in [-0.2, 0) is 11.3 Å². The third-order valence-corrected chi connectivity index (χ3v) is 4.00. The van der Waals surface area contributed by atoms with Gasteiger partial charge in [-0.15, -0.1) is 11.3 Å². The van der Waals surface area contributed by atoms with Gasteiger partial charge in [-0.05, 0) is 11.6 Å². The molecule has 5 heteroatoms. The highest BCUT2D eigenvalue weighted by atomic mass is 32.1. The third-order valence-electron chi connectivity index (χ3n) is 2.76. The average Bonchev–Trinajstić information content (AvgIpc) is 2.81. The summed E-state index contributed by atoms with van der Waals surface area (Å²) < 4.78 is 4.70. The molecule has 0 amide bonds. The Hall–Kier alpha value is -2.01. The van der Waals surface area contributed by atoms with Gasteiger partial charge in [-0.25, -0.2) is 4.79 Å². The average molecular weight is 276 g/mol. The van der Waals surface area contributed by atoms with Crippen molar-refractivity contribution in [3.8, 4) is 0 Å². The van der Waals surface area contributed by atoms with Crippen LogP contribution >= 0.6 is 11.3 Å². The van der Waals surface area contributed by atoms with E-state index in [0.717, 1.165) is 11.5 Å². The summed E-state index contributed by atoms with van der Waals surface area (Å²) in [7, 11) is 3.33. The Kier molecular flexibility index (Phi) is 4.06. The molecule has 100 valence electrons. The van der Waals surface area contributed by atoms with Crippen molar-refractivity contribution in [1.29, 1.82) is 0 Å². The van der Waals surface area contributed by atoms with Gasteiger partial charge < -0.3 is 15.4 Å². The zero-order chi connectivity index (χ0) is 13.8. The van der Waals surface area contributed by atoms with Gasteiger partial charge >= 0.3 is 5.97 Å². The van der Waals surface area contributed by atoms with Gasteiger partial charge in [0, 0.05) is 13.6 Å². The Balaban J connectivity index is 2.16. The number of nitrogens with two attached hydrogens (primary N) is 1. The number of hydrogen-bond donors (Lipinski definition) is 1. The number of esters is 1. The van der Waals surface area contributed by atoms with Crippen LogP contribution < -0.4 is 10.6 Å². The molecule has 1 aromatic carbocycles. The van der Waals surface area contributed by atoms with Crippen LogP contribution in [-0.4, -0.2) is 20.1 Å². The first-order valence-electron chi connectivity index (χ1n) is 5.84. The smallest absolute Gasteiger partial charge is 0.350 e. The molecule has 0 spiro atoms. The molecule has 0 atom stereocenters. The highest BCUT2D eigenvalue weighted by molar-refractivity contribution is 7.18. The standard InChI is InChI=1S/C14H16N2O2S/c1-16(9-10-6-4-3-5-7-10)12-8-11(15)13(19-12)14(17)18-2/h3-8H,9,15H2,1-2H3. The lowest BCUT2D eigenvalue weighted by atomic mass is 10.2. The number of nitrogen functional groups attached to an aromatic ring is 1. The van der Waals surface area contributed by atoms with E-state index in [-0.39, 0.29) is 5.97 Å². The predicted octanol–water partition coefficient (Wildman–Crippen LogP) is 2.75. The molecule has 2 N–H and O–H groups in total. The van der Waals surface area contributed by atoms with E-state index in [0.29, 0.717) is 10.6 Å². The van der Waals surface area contributed by atoms with Gasteiger partial charge in [-0.2, -0.15) is 0 Å². The van der Waals surface area contributed by atoms with Crippen LogP contribution in [0.2, 0.25) is 0 Å². The van der Waals surface area contributed by atoms with Gasteiger partial charge in [-0.1, -0.05) is 30.3 Å². The lowest BCUT2D eigenvalue weighted by Crippen LogP contribution is -2.14. The first-order chi connectivity index (χ1) is 9.11. The summed E-state index contributed by atoms with van der Waals surface area (Å²) >= 11 is 1.35. The number of benzene rings is 1. The van der Waals surface area contributed by atoms with Crippen molar-refractivity contribution in [2.24, 2.45) is 0 Å². The second kappa shape index (κ2) is 5.75. The monoisotopic (exact) mass is 276 g/mol. The van der Waals surface area contributed by atoms with E-state index in [1.807, 2.05) is 25.2 Å². The second-order valence-corrected chi connectivity index (χ2v) is 5.23. The van der Waals surface area contributed by atoms with Gasteiger partial charge in [0.2, 0.25) is 0 Å². The van der Waals surface area contributed by atoms with Crippen molar-refractivity contribution in [3.05, 3.63) is 46.8 Å². The number of ether oxygens (including phenoxy) is 1. The maximum Gasteiger partial charge on any atom is 0.350 e. The molecule has 1 heterocycles. The second-order valence-electron chi connectivity index (χ2n) is 4.20. The molecule has 1 aromatic heterocycles. The summed E-state index contributed by atoms with van der Waals surface area (Å²) in [6, 6.07) is 11.9. The highest BCUT2D eigenvalue weighted by Crippen LogP contribution is 2.32. The van der Waals surface area contributed by atoms with Crippen molar-refractivity contribution in [2.75, 3.05) is 24.8 Å². The molecule has 0 fully saturated rings. The molecular formula is C14H16N2O2S. The number of nitrogens with zero attached hydrogens (tertiary/aromatic N) is 1. The van der Waals surface area contributed by atoms with Crippen LogP contribution in [0.4, 0.5) is 10.7 Å². The van der Waals surface area contributed by atoms with E-state index in [9.17, 15) is 4.79 Å². The number of thiophene rings is 1. The molecule has 0 aliphatic carbocycles. The van der Waals surface area contributed by atoms with Crippen LogP contribution in [0.1, 0.15) is 15.2 Å². The minimum atomic E-state index is -0.387. The van der Waals surface area contributed by atoms with Crippen LogP contribution in [0.25, 0.3) is 0 Å². The number of anilines is 2. The van der Waals surface area contributed by atoms with Crippen LogP contribution in [0.3, 0.4) is 0 Å². The number of carbonyl (C=O) groups is 1. The molecule has 2 aromatic rings. The summed E-state index contributed by atoms with van der Waals surface area (Å²) in [5.41, 5.74) is 7.50. The molecule has 0 unspecified atom stereocenters. The van der Waals surface area contributed by atoms with E-state index < -0.39 is 0 Å². The fourth-order valence-electron chi connectivity index (χ4n) is 1.77. The van der Waals surface area contributed by atoms with Crippen molar-refractivity contribution >= 4 is 28.0 Å². The highest BCUT2D eigenvalue weighted by Gasteiger charge is 2.16. The van der Waals surface area contributed by atoms with E-state index >= 15 is 0 Å². The summed E-state index contributed by atoms with van der Waals surface area (Å²) in [6.07, 6.45) is 0. The molecule has 0 radical (unpaired) electrons. The topological polar surface area (TPSA) is 55.6 Å². The van der Waals surface area contributed by atoms with Crippen molar-refractivity contribution < 1.29 is 9.53 Å². The number of rotatable bonds is 4. The van der Waals surface area contributed by atoms with E-state index in [1.165, 1.54) is 24.0 Å². The molecular weight excluding hydrogens is 260 g/mol. The third kappa shape index (κ3) is 3.06. The summed E-state index contributed by atoms with van der Waals surface area (Å²) in [4.78, 5) is 14.0. The molecule has 19 heavy (non-hydrogen) atoms. The SMILES string of the molecule is COC(=O)c1sc(N(C)Cc2ccccc2)cc1N. The molecule has 0 bridgehead atoms. The quantitative estimate of drug-likeness (QED) is 0.872. The summed E-state index contributed by atoms with van der Waals surface area (Å²) in [5.74, 6) is -0.387. The molecule has 0 aliphatic rings. The summed E-state index contributed by atoms with van der Waals surface area (Å²) in [6.45, 7) is 0.765. The van der Waals surface area contributed by atoms with Crippen molar-refractivity contribution in [2.45, 2.75) is 6.54 Å². The minimum Gasteiger partial charge on any atom is -0.465 e. The normalized spacial score (nSPS) is 10.2. The lowest BCUT2D eigenvalue weighted by molar-refractivity contribution is 0.0607. The zero-order valence-corrected chi connectivity index (χ0v) is 11.7. The first kappa shape index (κ1) is 13.4. The zero-order valence-electron chi connectivity index (χ0n) is 10.9. The largest absolute Gasteiger partial charge is 0.465 e. The maximum atomic E-state index is 11.5. The first-order valence-corrected chi connectivity index (χ1v) is 6.66. The van der Waals surface area contributed by atoms with Crippen molar-refractivity contribution in [3.63, 3.8) is 0 Å². The van der Waals surface area contributed by atoms with Gasteiger partial charge in [0.05, 0.1) is 17.8 Å². The molecule has 2 rings (SSSR count).